The van der Waals surface area contributed by atoms with Crippen molar-refractivity contribution >= 4 is 40.2 Å². The molecule has 0 atom stereocenters. The quantitative estimate of drug-likeness (QED) is 0.343. The number of carbonyl (C=O) groups is 1. The summed E-state index contributed by atoms with van der Waals surface area (Å²) in [6.45, 7) is 1.69. The molecule has 3 aromatic rings. The zero-order valence-corrected chi connectivity index (χ0v) is 17.8. The number of rotatable bonds is 7. The van der Waals surface area contributed by atoms with Gasteiger partial charge in [0.05, 0.1) is 16.2 Å². The Bertz CT molecular complexity index is 1150. The van der Waals surface area contributed by atoms with Gasteiger partial charge < -0.3 is 4.74 Å². The Balaban J connectivity index is 1.67. The first kappa shape index (κ1) is 23.3. The minimum atomic E-state index is -4.74. The second-order valence-corrected chi connectivity index (χ2v) is 7.85. The van der Waals surface area contributed by atoms with E-state index >= 15 is 0 Å². The standard InChI is InChI=1S/C19H14ClF3N4O4S/c1-10-17(32-16(24-10)9-31-13-5-3-12(20)4-6-13)18(28)26-25-14-7-2-11(19(21,22)23)8-15(14)27(29)30/h2-8,25H,9H2,1H3,(H,26,28). The smallest absolute Gasteiger partial charge is 0.416 e. The zero-order valence-electron chi connectivity index (χ0n) is 16.2. The van der Waals surface area contributed by atoms with Crippen molar-refractivity contribution in [3.8, 4) is 5.75 Å². The molecule has 1 heterocycles. The molecule has 13 heteroatoms. The summed E-state index contributed by atoms with van der Waals surface area (Å²) in [5.74, 6) is -0.100. The van der Waals surface area contributed by atoms with E-state index in [4.69, 9.17) is 16.3 Å². The van der Waals surface area contributed by atoms with Crippen molar-refractivity contribution in [2.45, 2.75) is 19.7 Å². The summed E-state index contributed by atoms with van der Waals surface area (Å²) in [6, 6.07) is 8.61. The van der Waals surface area contributed by atoms with E-state index < -0.39 is 28.3 Å². The summed E-state index contributed by atoms with van der Waals surface area (Å²) < 4.78 is 44.0. The third-order valence-electron chi connectivity index (χ3n) is 4.06. The van der Waals surface area contributed by atoms with Crippen molar-refractivity contribution in [2.75, 3.05) is 5.43 Å². The summed E-state index contributed by atoms with van der Waals surface area (Å²) >= 11 is 6.86. The second kappa shape index (κ2) is 9.40. The van der Waals surface area contributed by atoms with Crippen molar-refractivity contribution in [3.05, 3.63) is 78.7 Å². The second-order valence-electron chi connectivity index (χ2n) is 6.33. The highest BCUT2D eigenvalue weighted by atomic mass is 35.5. The van der Waals surface area contributed by atoms with E-state index in [1.54, 1.807) is 31.2 Å². The average Bonchev–Trinajstić information content (AvgIpc) is 3.11. The number of hydrazine groups is 1. The average molecular weight is 487 g/mol. The third kappa shape index (κ3) is 5.65. The fourth-order valence-corrected chi connectivity index (χ4v) is 3.55. The number of anilines is 1. The molecular weight excluding hydrogens is 473 g/mol. The molecule has 0 spiro atoms. The molecule has 0 bridgehead atoms. The Labute approximate surface area is 188 Å². The van der Waals surface area contributed by atoms with Crippen LogP contribution in [-0.4, -0.2) is 15.8 Å². The van der Waals surface area contributed by atoms with Crippen LogP contribution in [0.5, 0.6) is 5.75 Å². The van der Waals surface area contributed by atoms with Crippen molar-refractivity contribution in [1.82, 2.24) is 10.4 Å². The van der Waals surface area contributed by atoms with Gasteiger partial charge in [-0.15, -0.1) is 11.3 Å². The van der Waals surface area contributed by atoms with Crippen LogP contribution in [0.4, 0.5) is 24.5 Å². The van der Waals surface area contributed by atoms with Gasteiger partial charge in [-0.1, -0.05) is 11.6 Å². The SMILES string of the molecule is Cc1nc(COc2ccc(Cl)cc2)sc1C(=O)NNc1ccc(C(F)(F)F)cc1[N+](=O)[O-]. The highest BCUT2D eigenvalue weighted by Gasteiger charge is 2.33. The van der Waals surface area contributed by atoms with Crippen molar-refractivity contribution in [2.24, 2.45) is 0 Å². The maximum atomic E-state index is 12.8. The van der Waals surface area contributed by atoms with Gasteiger partial charge in [-0.3, -0.25) is 25.8 Å². The van der Waals surface area contributed by atoms with Gasteiger partial charge in [-0.05, 0) is 43.3 Å². The highest BCUT2D eigenvalue weighted by molar-refractivity contribution is 7.13. The molecule has 0 aliphatic rings. The lowest BCUT2D eigenvalue weighted by Crippen LogP contribution is -2.29. The molecule has 2 aromatic carbocycles. The van der Waals surface area contributed by atoms with Crippen LogP contribution < -0.4 is 15.6 Å². The van der Waals surface area contributed by atoms with Gasteiger partial charge in [0, 0.05) is 11.1 Å². The fraction of sp³-hybridized carbons (Fsp3) is 0.158. The van der Waals surface area contributed by atoms with Crippen molar-refractivity contribution in [3.63, 3.8) is 0 Å². The number of thiazole rings is 1. The number of hydrogen-bond acceptors (Lipinski definition) is 7. The van der Waals surface area contributed by atoms with Crippen LogP contribution in [-0.2, 0) is 12.8 Å². The van der Waals surface area contributed by atoms with Gasteiger partial charge in [0.1, 0.15) is 27.9 Å². The number of halogens is 4. The van der Waals surface area contributed by atoms with Gasteiger partial charge in [0.2, 0.25) is 0 Å². The van der Waals surface area contributed by atoms with E-state index in [2.05, 4.69) is 15.8 Å². The number of benzene rings is 2. The fourth-order valence-electron chi connectivity index (χ4n) is 2.55. The van der Waals surface area contributed by atoms with Crippen molar-refractivity contribution < 1.29 is 27.6 Å². The lowest BCUT2D eigenvalue weighted by molar-refractivity contribution is -0.384. The van der Waals surface area contributed by atoms with E-state index in [1.807, 2.05) is 0 Å². The maximum absolute atomic E-state index is 12.8. The number of aryl methyl sites for hydroxylation is 1. The van der Waals surface area contributed by atoms with E-state index in [0.29, 0.717) is 33.6 Å². The maximum Gasteiger partial charge on any atom is 0.416 e. The molecular formula is C19H14ClF3N4O4S. The molecule has 0 fully saturated rings. The Hall–Kier alpha value is -3.38. The normalized spacial score (nSPS) is 11.2. The molecule has 2 N–H and O–H groups in total. The van der Waals surface area contributed by atoms with Crippen LogP contribution in [0.3, 0.4) is 0 Å². The van der Waals surface area contributed by atoms with Crippen LogP contribution in [0, 0.1) is 17.0 Å². The molecule has 0 aliphatic heterocycles. The predicted octanol–water partition coefficient (Wildman–Crippen LogP) is 5.37. The van der Waals surface area contributed by atoms with Gasteiger partial charge >= 0.3 is 6.18 Å². The molecule has 8 nitrogen and oxygen atoms in total. The highest BCUT2D eigenvalue weighted by Crippen LogP contribution is 2.34. The molecule has 0 saturated heterocycles. The molecule has 1 aromatic heterocycles. The minimum Gasteiger partial charge on any atom is -0.486 e. The lowest BCUT2D eigenvalue weighted by Gasteiger charge is -2.11. The molecule has 0 unspecified atom stereocenters. The van der Waals surface area contributed by atoms with Crippen LogP contribution in [0.2, 0.25) is 5.02 Å². The van der Waals surface area contributed by atoms with Gasteiger partial charge in [0.25, 0.3) is 11.6 Å². The lowest BCUT2D eigenvalue weighted by atomic mass is 10.1. The monoisotopic (exact) mass is 486 g/mol. The van der Waals surface area contributed by atoms with Crippen LogP contribution >= 0.6 is 22.9 Å². The van der Waals surface area contributed by atoms with E-state index in [-0.39, 0.29) is 17.2 Å². The van der Waals surface area contributed by atoms with Crippen molar-refractivity contribution in [1.29, 1.82) is 0 Å². The predicted molar refractivity (Wildman–Crippen MR) is 112 cm³/mol. The zero-order chi connectivity index (χ0) is 23.5. The summed E-state index contributed by atoms with van der Waals surface area (Å²) in [5, 5.41) is 12.2. The molecule has 0 saturated carbocycles. The number of ether oxygens (including phenoxy) is 1. The summed E-state index contributed by atoms with van der Waals surface area (Å²) in [4.78, 5) is 27.1. The first-order valence-electron chi connectivity index (χ1n) is 8.81. The van der Waals surface area contributed by atoms with Gasteiger partial charge in [-0.2, -0.15) is 13.2 Å². The summed E-state index contributed by atoms with van der Waals surface area (Å²) in [7, 11) is 0. The number of nitro groups is 1. The molecule has 168 valence electrons. The molecule has 0 radical (unpaired) electrons. The largest absolute Gasteiger partial charge is 0.486 e. The van der Waals surface area contributed by atoms with Crippen LogP contribution in [0.1, 0.15) is 25.9 Å². The summed E-state index contributed by atoms with van der Waals surface area (Å²) in [6.07, 6.45) is -4.74. The topological polar surface area (TPSA) is 106 Å². The number of hydrogen-bond donors (Lipinski definition) is 2. The Morgan fingerprint density at radius 3 is 2.56 bits per heavy atom. The summed E-state index contributed by atoms with van der Waals surface area (Å²) in [5.41, 5.74) is 2.62. The number of nitro benzene ring substituents is 1. The third-order valence-corrected chi connectivity index (χ3v) is 5.44. The van der Waals surface area contributed by atoms with E-state index in [1.165, 1.54) is 0 Å². The minimum absolute atomic E-state index is 0.0955. The van der Waals surface area contributed by atoms with Crippen LogP contribution in [0.15, 0.2) is 42.5 Å². The van der Waals surface area contributed by atoms with E-state index in [0.717, 1.165) is 17.4 Å². The number of nitrogens with one attached hydrogen (secondary N) is 2. The molecule has 0 aliphatic carbocycles. The van der Waals surface area contributed by atoms with E-state index in [9.17, 15) is 28.1 Å². The Morgan fingerprint density at radius 2 is 1.94 bits per heavy atom. The Kier molecular flexibility index (Phi) is 6.84. The number of alkyl halides is 3. The number of carbonyl (C=O) groups excluding carboxylic acids is 1. The number of nitrogens with zero attached hydrogens (tertiary/aromatic N) is 2. The van der Waals surface area contributed by atoms with Gasteiger partial charge in [-0.25, -0.2) is 4.98 Å². The molecule has 3 rings (SSSR count). The molecule has 1 amide bonds. The first-order valence-corrected chi connectivity index (χ1v) is 10.0. The van der Waals surface area contributed by atoms with Crippen LogP contribution in [0.25, 0.3) is 0 Å². The van der Waals surface area contributed by atoms with Gasteiger partial charge in [0.15, 0.2) is 0 Å². The Morgan fingerprint density at radius 1 is 1.25 bits per heavy atom. The number of amides is 1. The first-order chi connectivity index (χ1) is 15.0. The molecule has 32 heavy (non-hydrogen) atoms. The number of aromatic nitrogens is 1.